The van der Waals surface area contributed by atoms with Crippen molar-refractivity contribution in [2.75, 3.05) is 36.1 Å². The smallest absolute Gasteiger partial charge is 0.285 e. The topological polar surface area (TPSA) is 67.8 Å². The molecule has 166 valence electrons. The molecular formula is C23H24ClFN6O. The number of halogens is 2. The van der Waals surface area contributed by atoms with Crippen molar-refractivity contribution >= 4 is 46.7 Å². The Bertz CT molecular complexity index is 1180. The molecule has 0 spiro atoms. The Kier molecular flexibility index (Phi) is 5.88. The zero-order valence-electron chi connectivity index (χ0n) is 17.9. The lowest BCUT2D eigenvalue weighted by Crippen LogP contribution is -2.46. The van der Waals surface area contributed by atoms with E-state index >= 15 is 0 Å². The molecule has 1 aromatic heterocycles. The summed E-state index contributed by atoms with van der Waals surface area (Å²) < 4.78 is 13.2. The van der Waals surface area contributed by atoms with Crippen LogP contribution in [0, 0.1) is 5.82 Å². The number of amides is 1. The maximum absolute atomic E-state index is 13.2. The number of H-pyrrole nitrogens is 1. The van der Waals surface area contributed by atoms with Crippen LogP contribution in [0.1, 0.15) is 13.8 Å². The van der Waals surface area contributed by atoms with Gasteiger partial charge in [-0.25, -0.2) is 9.37 Å². The zero-order valence-corrected chi connectivity index (χ0v) is 18.7. The maximum Gasteiger partial charge on any atom is 0.285 e. The lowest BCUT2D eigenvalue weighted by Gasteiger charge is -2.38. The van der Waals surface area contributed by atoms with Crippen LogP contribution in [0.2, 0.25) is 0 Å². The van der Waals surface area contributed by atoms with E-state index in [2.05, 4.69) is 24.9 Å². The third-order valence-electron chi connectivity index (χ3n) is 5.90. The molecule has 0 saturated carbocycles. The van der Waals surface area contributed by atoms with E-state index in [9.17, 15) is 9.18 Å². The van der Waals surface area contributed by atoms with Gasteiger partial charge in [0.05, 0.1) is 22.3 Å². The van der Waals surface area contributed by atoms with Crippen LogP contribution in [0.25, 0.3) is 11.0 Å². The van der Waals surface area contributed by atoms with Gasteiger partial charge < -0.3 is 14.8 Å². The van der Waals surface area contributed by atoms with Crippen LogP contribution < -0.4 is 9.91 Å². The summed E-state index contributed by atoms with van der Waals surface area (Å²) in [4.78, 5) is 25.3. The first kappa shape index (κ1) is 21.8. The summed E-state index contributed by atoms with van der Waals surface area (Å²) >= 11 is 0. The first-order valence-electron chi connectivity index (χ1n) is 10.3. The predicted octanol–water partition coefficient (Wildman–Crippen LogP) is 3.94. The van der Waals surface area contributed by atoms with E-state index in [1.54, 1.807) is 12.1 Å². The van der Waals surface area contributed by atoms with Crippen molar-refractivity contribution in [3.05, 3.63) is 65.6 Å². The number of carbonyl (C=O) groups excluding carboxylic acids is 1. The van der Waals surface area contributed by atoms with E-state index in [1.165, 1.54) is 17.1 Å². The molecule has 1 amide bonds. The monoisotopic (exact) mass is 454 g/mol. The van der Waals surface area contributed by atoms with Crippen molar-refractivity contribution in [1.29, 1.82) is 0 Å². The van der Waals surface area contributed by atoms with Crippen LogP contribution in [0.5, 0.6) is 0 Å². The third-order valence-corrected chi connectivity index (χ3v) is 5.90. The molecule has 0 radical (unpaired) electrons. The number of hydrogen-bond donors (Lipinski definition) is 1. The maximum atomic E-state index is 13.2. The molecule has 1 fully saturated rings. The molecule has 2 aliphatic rings. The Balaban J connectivity index is 0.00000245. The molecule has 1 saturated heterocycles. The van der Waals surface area contributed by atoms with Crippen molar-refractivity contribution in [1.82, 2.24) is 14.9 Å². The number of nitrogens with one attached hydrogen (secondary N) is 1. The number of aromatic nitrogens is 2. The molecule has 2 aliphatic heterocycles. The van der Waals surface area contributed by atoms with Gasteiger partial charge in [0, 0.05) is 37.6 Å². The first-order chi connectivity index (χ1) is 15.0. The summed E-state index contributed by atoms with van der Waals surface area (Å²) in [6.07, 6.45) is 0. The van der Waals surface area contributed by atoms with Crippen LogP contribution in [-0.2, 0) is 4.79 Å². The fourth-order valence-electron chi connectivity index (χ4n) is 4.22. The van der Waals surface area contributed by atoms with Crippen LogP contribution in [-0.4, -0.2) is 52.7 Å². The summed E-state index contributed by atoms with van der Waals surface area (Å²) in [6.45, 7) is 6.98. The number of carbonyl (C=O) groups is 1. The van der Waals surface area contributed by atoms with Gasteiger partial charge >= 0.3 is 0 Å². The van der Waals surface area contributed by atoms with E-state index in [1.807, 2.05) is 38.1 Å². The number of para-hydroxylation sites is 2. The second-order valence-corrected chi connectivity index (χ2v) is 7.79. The van der Waals surface area contributed by atoms with E-state index in [0.717, 1.165) is 48.6 Å². The number of allylic oxidation sites excluding steroid dienone is 1. The van der Waals surface area contributed by atoms with Gasteiger partial charge in [-0.3, -0.25) is 4.79 Å². The number of hydrogen-bond acceptors (Lipinski definition) is 5. The molecule has 2 aromatic carbocycles. The van der Waals surface area contributed by atoms with Gasteiger partial charge in [0.2, 0.25) is 5.95 Å². The zero-order chi connectivity index (χ0) is 21.5. The number of hydrazone groups is 1. The second-order valence-electron chi connectivity index (χ2n) is 7.79. The third kappa shape index (κ3) is 3.82. The standard InChI is InChI=1S/C23H23FN6O.ClH/c1-15-21(22(31)30(27-15)23-25-19-5-3-4-6-20(19)26-23)16(2)28-11-13-29(14-12-28)18-9-7-17(24)8-10-18;/h3-10H,11-14H2,1-2H3,(H,25,26);1H/b21-16-;. The van der Waals surface area contributed by atoms with Crippen LogP contribution in [0.15, 0.2) is 64.9 Å². The highest BCUT2D eigenvalue weighted by atomic mass is 35.5. The number of nitrogens with zero attached hydrogens (tertiary/aromatic N) is 5. The molecule has 3 aromatic rings. The molecule has 0 bridgehead atoms. The Morgan fingerprint density at radius 2 is 1.72 bits per heavy atom. The van der Waals surface area contributed by atoms with Crippen molar-refractivity contribution in [3.8, 4) is 0 Å². The van der Waals surface area contributed by atoms with Crippen LogP contribution in [0.3, 0.4) is 0 Å². The van der Waals surface area contributed by atoms with E-state index in [4.69, 9.17) is 0 Å². The largest absolute Gasteiger partial charge is 0.371 e. The number of aromatic amines is 1. The minimum absolute atomic E-state index is 0. The highest BCUT2D eigenvalue weighted by molar-refractivity contribution is 6.29. The molecule has 1 N–H and O–H groups in total. The van der Waals surface area contributed by atoms with Crippen molar-refractivity contribution in [2.45, 2.75) is 13.8 Å². The van der Waals surface area contributed by atoms with Crippen LogP contribution >= 0.6 is 12.4 Å². The second kappa shape index (κ2) is 8.63. The SMILES string of the molecule is CC1=NN(c2nc3ccccc3[nH]2)C(=O)/C1=C(/C)N1CCN(c2ccc(F)cc2)CC1.Cl. The quantitative estimate of drug-likeness (QED) is 0.609. The molecule has 9 heteroatoms. The van der Waals surface area contributed by atoms with E-state index in [0.29, 0.717) is 17.2 Å². The summed E-state index contributed by atoms with van der Waals surface area (Å²) in [6, 6.07) is 14.2. The van der Waals surface area contributed by atoms with Gasteiger partial charge in [0.25, 0.3) is 5.91 Å². The highest BCUT2D eigenvalue weighted by Gasteiger charge is 2.34. The van der Waals surface area contributed by atoms with Crippen molar-refractivity contribution in [2.24, 2.45) is 5.10 Å². The minimum atomic E-state index is -0.230. The first-order valence-corrected chi connectivity index (χ1v) is 10.3. The normalized spacial score (nSPS) is 18.2. The molecule has 0 aliphatic carbocycles. The Labute approximate surface area is 191 Å². The van der Waals surface area contributed by atoms with Crippen molar-refractivity contribution < 1.29 is 9.18 Å². The van der Waals surface area contributed by atoms with Crippen molar-refractivity contribution in [3.63, 3.8) is 0 Å². The molecule has 7 nitrogen and oxygen atoms in total. The average Bonchev–Trinajstić information content (AvgIpc) is 3.34. The number of piperazine rings is 1. The molecule has 32 heavy (non-hydrogen) atoms. The van der Waals surface area contributed by atoms with Gasteiger partial charge in [-0.1, -0.05) is 12.1 Å². The van der Waals surface area contributed by atoms with Crippen LogP contribution in [0.4, 0.5) is 16.0 Å². The number of fused-ring (bicyclic) bond motifs is 1. The summed E-state index contributed by atoms with van der Waals surface area (Å²) in [7, 11) is 0. The number of anilines is 2. The summed E-state index contributed by atoms with van der Waals surface area (Å²) in [5.74, 6) is 0.0241. The van der Waals surface area contributed by atoms with Gasteiger partial charge in [-0.2, -0.15) is 10.1 Å². The molecule has 5 rings (SSSR count). The van der Waals surface area contributed by atoms with Gasteiger partial charge in [0.15, 0.2) is 0 Å². The highest BCUT2D eigenvalue weighted by Crippen LogP contribution is 2.27. The Morgan fingerprint density at radius 1 is 1.03 bits per heavy atom. The van der Waals surface area contributed by atoms with Gasteiger partial charge in [0.1, 0.15) is 5.82 Å². The predicted molar refractivity (Wildman–Crippen MR) is 127 cm³/mol. The summed E-state index contributed by atoms with van der Waals surface area (Å²) in [5.41, 5.74) is 4.90. The van der Waals surface area contributed by atoms with Gasteiger partial charge in [-0.15, -0.1) is 12.4 Å². The number of rotatable bonds is 3. The molecular weight excluding hydrogens is 431 g/mol. The number of benzene rings is 2. The van der Waals surface area contributed by atoms with E-state index in [-0.39, 0.29) is 24.1 Å². The lowest BCUT2D eigenvalue weighted by atomic mass is 10.1. The molecule has 3 heterocycles. The average molecular weight is 455 g/mol. The fraction of sp³-hybridized carbons (Fsp3) is 0.261. The Hall–Kier alpha value is -3.39. The van der Waals surface area contributed by atoms with Gasteiger partial charge in [-0.05, 0) is 50.2 Å². The lowest BCUT2D eigenvalue weighted by molar-refractivity contribution is -0.114. The molecule has 0 unspecified atom stereocenters. The number of imidazole rings is 1. The summed E-state index contributed by atoms with van der Waals surface area (Å²) in [5, 5.41) is 5.83. The van der Waals surface area contributed by atoms with E-state index < -0.39 is 0 Å². The molecule has 0 atom stereocenters. The Morgan fingerprint density at radius 3 is 2.41 bits per heavy atom. The fourth-order valence-corrected chi connectivity index (χ4v) is 4.22. The minimum Gasteiger partial charge on any atom is -0.371 e.